The lowest BCUT2D eigenvalue weighted by Gasteiger charge is -2.10. The van der Waals surface area contributed by atoms with Crippen molar-refractivity contribution in [2.75, 3.05) is 6.61 Å². The second kappa shape index (κ2) is 7.10. The van der Waals surface area contributed by atoms with Crippen molar-refractivity contribution in [3.8, 4) is 5.75 Å². The number of hydrogen-bond donors (Lipinski definition) is 0. The van der Waals surface area contributed by atoms with E-state index >= 15 is 0 Å². The van der Waals surface area contributed by atoms with Gasteiger partial charge in [0, 0.05) is 11.1 Å². The van der Waals surface area contributed by atoms with Crippen molar-refractivity contribution in [3.63, 3.8) is 0 Å². The maximum Gasteiger partial charge on any atom is 0.194 e. The van der Waals surface area contributed by atoms with Gasteiger partial charge in [-0.3, -0.25) is 4.79 Å². The van der Waals surface area contributed by atoms with Crippen molar-refractivity contribution in [2.24, 2.45) is 0 Å². The van der Waals surface area contributed by atoms with Crippen molar-refractivity contribution in [1.29, 1.82) is 0 Å². The minimum atomic E-state index is -0.0913. The van der Waals surface area contributed by atoms with Crippen molar-refractivity contribution in [2.45, 2.75) is 20.3 Å². The fourth-order valence-corrected chi connectivity index (χ4v) is 2.65. The van der Waals surface area contributed by atoms with E-state index in [1.807, 2.05) is 26.0 Å². The maximum absolute atomic E-state index is 12.6. The summed E-state index contributed by atoms with van der Waals surface area (Å²) in [6, 6.07) is 10.8. The molecule has 0 aliphatic heterocycles. The zero-order chi connectivity index (χ0) is 15.4. The quantitative estimate of drug-likeness (QED) is 0.659. The third kappa shape index (κ3) is 3.66. The molecular formula is C17H16BrClO2. The first kappa shape index (κ1) is 16.1. The number of ketones is 1. The Morgan fingerprint density at radius 1 is 1.29 bits per heavy atom. The average molecular weight is 368 g/mol. The highest BCUT2D eigenvalue weighted by Crippen LogP contribution is 2.29. The number of carbonyl (C=O) groups is 1. The highest BCUT2D eigenvalue weighted by Gasteiger charge is 2.15. The summed E-state index contributed by atoms with van der Waals surface area (Å²) in [5, 5.41) is 0.505. The predicted octanol–water partition coefficient (Wildman–Crippen LogP) is 5.43. The van der Waals surface area contributed by atoms with Crippen LogP contribution in [0.15, 0.2) is 40.9 Å². The molecule has 2 aromatic rings. The molecule has 0 aromatic heterocycles. The Hall–Kier alpha value is -1.32. The molecule has 2 nitrogen and oxygen atoms in total. The molecule has 0 saturated heterocycles. The smallest absolute Gasteiger partial charge is 0.194 e. The van der Waals surface area contributed by atoms with Crippen LogP contribution in [0.3, 0.4) is 0 Å². The van der Waals surface area contributed by atoms with Gasteiger partial charge in [0.25, 0.3) is 0 Å². The lowest BCUT2D eigenvalue weighted by atomic mass is 10.0. The van der Waals surface area contributed by atoms with Crippen molar-refractivity contribution in [3.05, 3.63) is 62.6 Å². The van der Waals surface area contributed by atoms with E-state index in [-0.39, 0.29) is 5.78 Å². The van der Waals surface area contributed by atoms with Crippen LogP contribution in [0.2, 0.25) is 5.02 Å². The van der Waals surface area contributed by atoms with Gasteiger partial charge in [-0.15, -0.1) is 0 Å². The van der Waals surface area contributed by atoms with Crippen LogP contribution in [0.1, 0.15) is 34.8 Å². The van der Waals surface area contributed by atoms with E-state index in [1.165, 1.54) is 0 Å². The molecule has 0 saturated carbocycles. The number of carbonyl (C=O) groups excluding carboxylic acids is 1. The first-order chi connectivity index (χ1) is 10.0. The third-order valence-electron chi connectivity index (χ3n) is 3.09. The number of halogens is 2. The van der Waals surface area contributed by atoms with Gasteiger partial charge in [0.2, 0.25) is 0 Å². The summed E-state index contributed by atoms with van der Waals surface area (Å²) in [6.45, 7) is 4.58. The van der Waals surface area contributed by atoms with E-state index in [2.05, 4.69) is 15.9 Å². The van der Waals surface area contributed by atoms with Crippen LogP contribution in [-0.4, -0.2) is 12.4 Å². The fraction of sp³-hybridized carbons (Fsp3) is 0.235. The minimum absolute atomic E-state index is 0.0913. The lowest BCUT2D eigenvalue weighted by Crippen LogP contribution is -2.04. The number of benzene rings is 2. The summed E-state index contributed by atoms with van der Waals surface area (Å²) in [6.07, 6.45) is 0.937. The minimum Gasteiger partial charge on any atom is -0.492 e. The first-order valence-electron chi connectivity index (χ1n) is 6.76. The number of rotatable bonds is 5. The standard InChI is InChI=1S/C17H16BrClO2/c1-3-9-21-15-8-7-12(10-14(15)18)17(20)13-6-4-5-11(2)16(13)19/h4-8,10H,3,9H2,1-2H3. The van der Waals surface area contributed by atoms with E-state index in [0.717, 1.165) is 22.2 Å². The molecule has 0 spiro atoms. The highest BCUT2D eigenvalue weighted by molar-refractivity contribution is 9.10. The van der Waals surface area contributed by atoms with E-state index in [4.69, 9.17) is 16.3 Å². The number of ether oxygens (including phenoxy) is 1. The normalized spacial score (nSPS) is 10.5. The zero-order valence-corrected chi connectivity index (χ0v) is 14.3. The van der Waals surface area contributed by atoms with Crippen LogP contribution >= 0.6 is 27.5 Å². The average Bonchev–Trinajstić information content (AvgIpc) is 2.48. The van der Waals surface area contributed by atoms with Gasteiger partial charge in [-0.05, 0) is 59.1 Å². The molecule has 4 heteroatoms. The summed E-state index contributed by atoms with van der Waals surface area (Å²) >= 11 is 9.66. The van der Waals surface area contributed by atoms with Gasteiger partial charge in [0.1, 0.15) is 5.75 Å². The van der Waals surface area contributed by atoms with Gasteiger partial charge in [-0.1, -0.05) is 30.7 Å². The molecule has 0 amide bonds. The summed E-state index contributed by atoms with van der Waals surface area (Å²) in [4.78, 5) is 12.6. The Morgan fingerprint density at radius 2 is 2.05 bits per heavy atom. The second-order valence-electron chi connectivity index (χ2n) is 4.76. The largest absolute Gasteiger partial charge is 0.492 e. The van der Waals surface area contributed by atoms with E-state index in [0.29, 0.717) is 22.8 Å². The molecule has 2 rings (SSSR count). The van der Waals surface area contributed by atoms with Gasteiger partial charge < -0.3 is 4.74 Å². The predicted molar refractivity (Wildman–Crippen MR) is 89.5 cm³/mol. The molecule has 0 bridgehead atoms. The Balaban J connectivity index is 2.32. The Morgan fingerprint density at radius 3 is 2.71 bits per heavy atom. The summed E-state index contributed by atoms with van der Waals surface area (Å²) in [7, 11) is 0. The highest BCUT2D eigenvalue weighted by atomic mass is 79.9. The summed E-state index contributed by atoms with van der Waals surface area (Å²) in [5.41, 5.74) is 1.99. The SMILES string of the molecule is CCCOc1ccc(C(=O)c2cccc(C)c2Cl)cc1Br. The van der Waals surface area contributed by atoms with E-state index in [9.17, 15) is 4.79 Å². The monoisotopic (exact) mass is 366 g/mol. The molecule has 2 aromatic carbocycles. The van der Waals surface area contributed by atoms with E-state index in [1.54, 1.807) is 24.3 Å². The Kier molecular flexibility index (Phi) is 5.43. The molecule has 0 N–H and O–H groups in total. The maximum atomic E-state index is 12.6. The molecule has 0 unspecified atom stereocenters. The molecule has 0 aliphatic rings. The zero-order valence-electron chi connectivity index (χ0n) is 12.0. The number of aryl methyl sites for hydroxylation is 1. The van der Waals surface area contributed by atoms with Gasteiger partial charge in [0.05, 0.1) is 16.1 Å². The second-order valence-corrected chi connectivity index (χ2v) is 5.99. The van der Waals surface area contributed by atoms with Crippen LogP contribution in [-0.2, 0) is 0 Å². The van der Waals surface area contributed by atoms with E-state index < -0.39 is 0 Å². The van der Waals surface area contributed by atoms with Crippen LogP contribution in [0.4, 0.5) is 0 Å². The van der Waals surface area contributed by atoms with Gasteiger partial charge in [-0.2, -0.15) is 0 Å². The summed E-state index contributed by atoms with van der Waals surface area (Å²) in [5.74, 6) is 0.648. The summed E-state index contributed by atoms with van der Waals surface area (Å²) < 4.78 is 6.35. The molecule has 110 valence electrons. The fourth-order valence-electron chi connectivity index (χ4n) is 1.95. The van der Waals surface area contributed by atoms with Crippen LogP contribution in [0.25, 0.3) is 0 Å². The van der Waals surface area contributed by atoms with Gasteiger partial charge >= 0.3 is 0 Å². The molecule has 21 heavy (non-hydrogen) atoms. The molecular weight excluding hydrogens is 352 g/mol. The van der Waals surface area contributed by atoms with Crippen LogP contribution in [0, 0.1) is 6.92 Å². The number of hydrogen-bond acceptors (Lipinski definition) is 2. The van der Waals surface area contributed by atoms with Crippen molar-refractivity contribution in [1.82, 2.24) is 0 Å². The van der Waals surface area contributed by atoms with Crippen molar-refractivity contribution < 1.29 is 9.53 Å². The molecule has 0 atom stereocenters. The molecule has 0 radical (unpaired) electrons. The van der Waals surface area contributed by atoms with Crippen LogP contribution in [0.5, 0.6) is 5.75 Å². The molecule has 0 heterocycles. The first-order valence-corrected chi connectivity index (χ1v) is 7.94. The van der Waals surface area contributed by atoms with Crippen LogP contribution < -0.4 is 4.74 Å². The third-order valence-corrected chi connectivity index (χ3v) is 4.21. The van der Waals surface area contributed by atoms with Gasteiger partial charge in [0.15, 0.2) is 5.78 Å². The molecule has 0 aliphatic carbocycles. The van der Waals surface area contributed by atoms with Gasteiger partial charge in [-0.25, -0.2) is 0 Å². The Labute approximate surface area is 138 Å². The Bertz CT molecular complexity index is 668. The molecule has 0 fully saturated rings. The lowest BCUT2D eigenvalue weighted by molar-refractivity contribution is 0.103. The van der Waals surface area contributed by atoms with Crippen molar-refractivity contribution >= 4 is 33.3 Å². The topological polar surface area (TPSA) is 26.3 Å².